The first-order valence-electron chi connectivity index (χ1n) is 21.2. The summed E-state index contributed by atoms with van der Waals surface area (Å²) >= 11 is 0. The monoisotopic (exact) mass is 877 g/mol. The molecule has 0 spiro atoms. The normalized spacial score (nSPS) is 11.5. The largest absolute Gasteiger partial charge is 0.494 e. The van der Waals surface area contributed by atoms with Crippen molar-refractivity contribution in [1.29, 1.82) is 0 Å². The molecule has 0 saturated carbocycles. The Morgan fingerprint density at radius 3 is 1.11 bits per heavy atom. The van der Waals surface area contributed by atoms with Crippen LogP contribution in [0.3, 0.4) is 0 Å². The Hall–Kier alpha value is -1.24. The smallest absolute Gasteiger partial charge is 0.239 e. The third kappa shape index (κ3) is 31.7. The molecule has 0 bridgehead atoms. The van der Waals surface area contributed by atoms with E-state index in [4.69, 9.17) is 32.4 Å². The summed E-state index contributed by atoms with van der Waals surface area (Å²) in [5, 5.41) is 0. The number of amides is 2. The van der Waals surface area contributed by atoms with Crippen LogP contribution in [0.1, 0.15) is 155 Å². The molecule has 0 unspecified atom stereocenters. The molecule has 8 N–H and O–H groups in total. The van der Waals surface area contributed by atoms with Gasteiger partial charge in [0.2, 0.25) is 11.8 Å². The molecule has 14 heteroatoms. The van der Waals surface area contributed by atoms with E-state index in [1.54, 1.807) is 0 Å². The van der Waals surface area contributed by atoms with Crippen LogP contribution in [0.2, 0.25) is 0 Å². The summed E-state index contributed by atoms with van der Waals surface area (Å²) in [6, 6.07) is 6.87. The van der Waals surface area contributed by atoms with Gasteiger partial charge in [-0.1, -0.05) is 90.9 Å². The summed E-state index contributed by atoms with van der Waals surface area (Å²) in [6.45, 7) is 9.87. The first-order chi connectivity index (χ1) is 25.4. The molecule has 2 atom stereocenters. The van der Waals surface area contributed by atoms with Gasteiger partial charge in [0.1, 0.15) is 11.5 Å². The van der Waals surface area contributed by atoms with Crippen molar-refractivity contribution < 1.29 is 19.1 Å². The minimum absolute atomic E-state index is 0. The maximum Gasteiger partial charge on any atom is 0.239 e. The molecule has 0 aliphatic carbocycles. The number of nitrogens with zero attached hydrogens (tertiary/aromatic N) is 2. The van der Waals surface area contributed by atoms with Crippen molar-refractivity contribution in [2.24, 2.45) is 22.9 Å². The summed E-state index contributed by atoms with van der Waals surface area (Å²) in [6.07, 6.45) is 22.8. The highest BCUT2D eigenvalue weighted by Gasteiger charge is 2.21. The average Bonchev–Trinajstić information content (AvgIpc) is 3.15. The molecule has 56 heavy (non-hydrogen) atoms. The van der Waals surface area contributed by atoms with Crippen LogP contribution in [0.25, 0.3) is 0 Å². The number of hydrogen-bond acceptors (Lipinski definition) is 8. The van der Waals surface area contributed by atoms with Gasteiger partial charge in [-0.2, -0.15) is 0 Å². The van der Waals surface area contributed by atoms with Gasteiger partial charge in [-0.3, -0.25) is 9.59 Å². The molecular weight excluding hydrogens is 794 g/mol. The predicted octanol–water partition coefficient (Wildman–Crippen LogP) is 8.98. The van der Waals surface area contributed by atoms with Gasteiger partial charge < -0.3 is 42.2 Å². The second kappa shape index (κ2) is 43.3. The van der Waals surface area contributed by atoms with E-state index < -0.39 is 12.1 Å². The SMILES string of the molecule is CCCCCCCCN(CCCCOc1ccc(OCCCCN(CCCCCCCC)C(=O)[C@@H](N)CCCCN)cc1)C(=O)[C@@H](N)CCCCN.Cl.Cl.Cl.Cl. The molecule has 0 fully saturated rings. The zero-order chi connectivity index (χ0) is 38.1. The first kappa shape index (κ1) is 61.4. The van der Waals surface area contributed by atoms with Gasteiger partial charge in [0.15, 0.2) is 0 Å². The van der Waals surface area contributed by atoms with Crippen LogP contribution in [-0.2, 0) is 9.59 Å². The van der Waals surface area contributed by atoms with Gasteiger partial charge in [0, 0.05) is 26.2 Å². The number of carbonyl (C=O) groups is 2. The average molecular weight is 879 g/mol. The molecule has 1 rings (SSSR count). The van der Waals surface area contributed by atoms with Crippen molar-refractivity contribution in [2.75, 3.05) is 52.5 Å². The van der Waals surface area contributed by atoms with E-state index in [1.807, 2.05) is 34.1 Å². The van der Waals surface area contributed by atoms with E-state index in [2.05, 4.69) is 13.8 Å². The van der Waals surface area contributed by atoms with Crippen molar-refractivity contribution in [1.82, 2.24) is 9.80 Å². The fourth-order valence-electron chi connectivity index (χ4n) is 6.39. The molecule has 0 radical (unpaired) electrons. The fourth-order valence-corrected chi connectivity index (χ4v) is 6.39. The minimum atomic E-state index is -0.446. The van der Waals surface area contributed by atoms with Crippen LogP contribution in [0.4, 0.5) is 0 Å². The third-order valence-electron chi connectivity index (χ3n) is 9.77. The Bertz CT molecular complexity index is 926. The first-order valence-corrected chi connectivity index (χ1v) is 21.2. The molecule has 0 heterocycles. The zero-order valence-electron chi connectivity index (χ0n) is 35.1. The summed E-state index contributed by atoms with van der Waals surface area (Å²) in [5.41, 5.74) is 23.8. The van der Waals surface area contributed by atoms with Crippen LogP contribution < -0.4 is 32.4 Å². The van der Waals surface area contributed by atoms with Crippen LogP contribution in [0.15, 0.2) is 24.3 Å². The topological polar surface area (TPSA) is 163 Å². The lowest BCUT2D eigenvalue weighted by Gasteiger charge is -2.26. The molecule has 0 saturated heterocycles. The van der Waals surface area contributed by atoms with Gasteiger partial charge in [0.25, 0.3) is 0 Å². The van der Waals surface area contributed by atoms with Crippen molar-refractivity contribution in [3.63, 3.8) is 0 Å². The second-order valence-electron chi connectivity index (χ2n) is 14.6. The number of rotatable bonds is 36. The van der Waals surface area contributed by atoms with E-state index >= 15 is 0 Å². The Morgan fingerprint density at radius 1 is 0.482 bits per heavy atom. The number of ether oxygens (including phenoxy) is 2. The Morgan fingerprint density at radius 2 is 0.786 bits per heavy atom. The predicted molar refractivity (Wildman–Crippen MR) is 247 cm³/mol. The highest BCUT2D eigenvalue weighted by atomic mass is 35.5. The molecular formula is C42H84Cl4N6O4. The van der Waals surface area contributed by atoms with Gasteiger partial charge in [-0.15, -0.1) is 49.6 Å². The molecule has 1 aromatic carbocycles. The number of benzene rings is 1. The van der Waals surface area contributed by atoms with E-state index in [9.17, 15) is 9.59 Å². The Kier molecular flexibility index (Phi) is 47.5. The standard InChI is InChI=1S/C42H80N6O4.4ClH/c1-3-5-7-9-11-17-31-47(41(49)39(45)23-13-15-29-43)33-19-21-35-51-37-25-27-38(28-26-37)52-36-22-20-34-48(32-18-12-10-8-6-4-2)42(50)40(46)24-14-16-30-44;;;;/h25-28,39-40H,3-24,29-36,43-46H2,1-2H3;4*1H/t39-,40-;;;;/m0..../s1. The van der Waals surface area contributed by atoms with Crippen molar-refractivity contribution in [2.45, 2.75) is 167 Å². The van der Waals surface area contributed by atoms with Crippen LogP contribution in [0.5, 0.6) is 11.5 Å². The van der Waals surface area contributed by atoms with Crippen molar-refractivity contribution >= 4 is 61.4 Å². The summed E-state index contributed by atoms with van der Waals surface area (Å²) in [4.78, 5) is 30.2. The summed E-state index contributed by atoms with van der Waals surface area (Å²) < 4.78 is 12.0. The maximum absolute atomic E-state index is 13.1. The molecule has 10 nitrogen and oxygen atoms in total. The van der Waals surface area contributed by atoms with Gasteiger partial charge in [0.05, 0.1) is 25.3 Å². The lowest BCUT2D eigenvalue weighted by atomic mass is 10.1. The highest BCUT2D eigenvalue weighted by Crippen LogP contribution is 2.19. The quantitative estimate of drug-likeness (QED) is 0.0486. The van der Waals surface area contributed by atoms with Crippen LogP contribution in [-0.4, -0.2) is 86.2 Å². The molecule has 2 amide bonds. The second-order valence-corrected chi connectivity index (χ2v) is 14.6. The highest BCUT2D eigenvalue weighted by molar-refractivity contribution is 5.86. The van der Waals surface area contributed by atoms with Crippen molar-refractivity contribution in [3.8, 4) is 11.5 Å². The van der Waals surface area contributed by atoms with Crippen molar-refractivity contribution in [3.05, 3.63) is 24.3 Å². The number of nitrogens with two attached hydrogens (primary N) is 4. The van der Waals surface area contributed by atoms with E-state index in [1.165, 1.54) is 51.4 Å². The zero-order valence-corrected chi connectivity index (χ0v) is 38.4. The Labute approximate surface area is 367 Å². The van der Waals surface area contributed by atoms with E-state index in [-0.39, 0.29) is 61.4 Å². The van der Waals surface area contributed by atoms with Gasteiger partial charge in [-0.25, -0.2) is 0 Å². The van der Waals surface area contributed by atoms with E-state index in [0.29, 0.717) is 52.2 Å². The minimum Gasteiger partial charge on any atom is -0.494 e. The molecule has 0 aliphatic rings. The third-order valence-corrected chi connectivity index (χ3v) is 9.77. The van der Waals surface area contributed by atoms with Gasteiger partial charge in [-0.05, 0) is 102 Å². The molecule has 0 aliphatic heterocycles. The summed E-state index contributed by atoms with van der Waals surface area (Å²) in [7, 11) is 0. The van der Waals surface area contributed by atoms with Crippen LogP contribution in [0, 0.1) is 0 Å². The maximum atomic E-state index is 13.1. The van der Waals surface area contributed by atoms with Gasteiger partial charge >= 0.3 is 0 Å². The fraction of sp³-hybridized carbons (Fsp3) is 0.810. The van der Waals surface area contributed by atoms with E-state index in [0.717, 1.165) is 102 Å². The number of carbonyl (C=O) groups excluding carboxylic acids is 2. The molecule has 334 valence electrons. The number of unbranched alkanes of at least 4 members (excludes halogenated alkanes) is 14. The molecule has 0 aromatic heterocycles. The van der Waals surface area contributed by atoms with Crippen LogP contribution >= 0.6 is 49.6 Å². The number of halogens is 4. The lowest BCUT2D eigenvalue weighted by Crippen LogP contribution is -2.44. The Balaban J connectivity index is -0.00000338. The molecule has 1 aromatic rings. The number of hydrogen-bond donors (Lipinski definition) is 4. The summed E-state index contributed by atoms with van der Waals surface area (Å²) in [5.74, 6) is 1.75. The lowest BCUT2D eigenvalue weighted by molar-refractivity contribution is -0.133.